The summed E-state index contributed by atoms with van der Waals surface area (Å²) in [6.07, 6.45) is 1.41. The number of halogens is 2. The number of imide groups is 1. The molecule has 1 aromatic carbocycles. The number of benzene rings is 1. The molecule has 21 heavy (non-hydrogen) atoms. The summed E-state index contributed by atoms with van der Waals surface area (Å²) < 4.78 is 4.43. The van der Waals surface area contributed by atoms with Gasteiger partial charge in [-0.1, -0.05) is 29.3 Å². The lowest BCUT2D eigenvalue weighted by atomic mass is 10.2. The van der Waals surface area contributed by atoms with Gasteiger partial charge in [-0.25, -0.2) is 9.69 Å². The molecule has 0 bridgehead atoms. The molecule has 0 radical (unpaired) electrons. The third kappa shape index (κ3) is 3.34. The van der Waals surface area contributed by atoms with Gasteiger partial charge in [0, 0.05) is 10.0 Å². The molecular formula is C13H10Cl2N2O4. The fourth-order valence-corrected chi connectivity index (χ4v) is 2.15. The van der Waals surface area contributed by atoms with Gasteiger partial charge >= 0.3 is 12.0 Å². The van der Waals surface area contributed by atoms with Gasteiger partial charge in [0.15, 0.2) is 0 Å². The van der Waals surface area contributed by atoms with Gasteiger partial charge in [0.05, 0.1) is 7.11 Å². The summed E-state index contributed by atoms with van der Waals surface area (Å²) in [6, 6.07) is 4.04. The fraction of sp³-hybridized carbons (Fsp3) is 0.154. The average Bonchev–Trinajstić information content (AvgIpc) is 2.69. The molecular weight excluding hydrogens is 319 g/mol. The molecule has 1 aromatic rings. The van der Waals surface area contributed by atoms with Crippen LogP contribution in [-0.4, -0.2) is 36.5 Å². The Balaban J connectivity index is 2.25. The van der Waals surface area contributed by atoms with Gasteiger partial charge in [-0.05, 0) is 23.8 Å². The molecule has 1 N–H and O–H groups in total. The van der Waals surface area contributed by atoms with E-state index in [0.717, 1.165) is 4.90 Å². The van der Waals surface area contributed by atoms with Gasteiger partial charge in [-0.2, -0.15) is 0 Å². The molecule has 3 amide bonds. The minimum absolute atomic E-state index is 0.0214. The van der Waals surface area contributed by atoms with E-state index in [0.29, 0.717) is 15.6 Å². The second kappa shape index (κ2) is 6.15. The van der Waals surface area contributed by atoms with E-state index in [-0.39, 0.29) is 5.70 Å². The maximum Gasteiger partial charge on any atom is 0.329 e. The lowest BCUT2D eigenvalue weighted by Gasteiger charge is -2.09. The van der Waals surface area contributed by atoms with Gasteiger partial charge in [-0.3, -0.25) is 9.59 Å². The van der Waals surface area contributed by atoms with Crippen molar-refractivity contribution in [3.05, 3.63) is 39.5 Å². The van der Waals surface area contributed by atoms with Crippen molar-refractivity contribution >= 4 is 47.2 Å². The largest absolute Gasteiger partial charge is 0.468 e. The summed E-state index contributed by atoms with van der Waals surface area (Å²) in [4.78, 5) is 35.6. The van der Waals surface area contributed by atoms with Crippen molar-refractivity contribution in [3.8, 4) is 0 Å². The van der Waals surface area contributed by atoms with Crippen molar-refractivity contribution in [1.82, 2.24) is 10.2 Å². The Hall–Kier alpha value is -2.05. The molecule has 1 saturated heterocycles. The highest BCUT2D eigenvalue weighted by atomic mass is 35.5. The number of hydrogen-bond acceptors (Lipinski definition) is 4. The number of methoxy groups -OCH3 is 1. The Labute approximate surface area is 130 Å². The van der Waals surface area contributed by atoms with Gasteiger partial charge < -0.3 is 10.1 Å². The number of carbonyl (C=O) groups excluding carboxylic acids is 3. The van der Waals surface area contributed by atoms with E-state index in [4.69, 9.17) is 23.2 Å². The van der Waals surface area contributed by atoms with Gasteiger partial charge in [0.25, 0.3) is 5.91 Å². The van der Waals surface area contributed by atoms with E-state index in [2.05, 4.69) is 10.1 Å². The predicted molar refractivity (Wildman–Crippen MR) is 76.7 cm³/mol. The van der Waals surface area contributed by atoms with Crippen LogP contribution in [0, 0.1) is 0 Å². The number of carbonyl (C=O) groups is 3. The van der Waals surface area contributed by atoms with Crippen LogP contribution >= 0.6 is 23.2 Å². The van der Waals surface area contributed by atoms with Crippen LogP contribution in [0.15, 0.2) is 23.9 Å². The highest BCUT2D eigenvalue weighted by molar-refractivity contribution is 6.35. The summed E-state index contributed by atoms with van der Waals surface area (Å²) >= 11 is 11.8. The standard InChI is InChI=1S/C13H10Cl2N2O4/c1-21-11(18)6-17-12(19)10(16-13(17)20)4-7-2-3-8(14)5-9(7)15/h2-5H,6H2,1H3,(H,16,20)/b10-4+. The molecule has 1 aliphatic rings. The van der Waals surface area contributed by atoms with E-state index in [9.17, 15) is 14.4 Å². The lowest BCUT2D eigenvalue weighted by Crippen LogP contribution is -2.36. The molecule has 0 spiro atoms. The zero-order valence-electron chi connectivity index (χ0n) is 10.9. The third-order valence-electron chi connectivity index (χ3n) is 2.74. The summed E-state index contributed by atoms with van der Waals surface area (Å²) in [6.45, 7) is -0.452. The molecule has 2 rings (SSSR count). The monoisotopic (exact) mass is 328 g/mol. The quantitative estimate of drug-likeness (QED) is 0.523. The molecule has 1 fully saturated rings. The summed E-state index contributed by atoms with van der Waals surface area (Å²) in [5, 5.41) is 3.16. The first-order valence-corrected chi connectivity index (χ1v) is 6.54. The van der Waals surface area contributed by atoms with Crippen molar-refractivity contribution in [2.45, 2.75) is 0 Å². The average molecular weight is 329 g/mol. The van der Waals surface area contributed by atoms with Crippen LogP contribution in [0.1, 0.15) is 5.56 Å². The zero-order chi connectivity index (χ0) is 15.6. The predicted octanol–water partition coefficient (Wildman–Crippen LogP) is 2.06. The molecule has 6 nitrogen and oxygen atoms in total. The number of hydrogen-bond donors (Lipinski definition) is 1. The number of nitrogens with one attached hydrogen (secondary N) is 1. The van der Waals surface area contributed by atoms with Crippen LogP contribution in [0.3, 0.4) is 0 Å². The summed E-state index contributed by atoms with van der Waals surface area (Å²) in [5.41, 5.74) is 0.540. The topological polar surface area (TPSA) is 75.7 Å². The van der Waals surface area contributed by atoms with Crippen molar-refractivity contribution < 1.29 is 19.1 Å². The smallest absolute Gasteiger partial charge is 0.329 e. The first kappa shape index (κ1) is 15.3. The van der Waals surface area contributed by atoms with Crippen LogP contribution in [0.4, 0.5) is 4.79 Å². The Morgan fingerprint density at radius 1 is 1.38 bits per heavy atom. The van der Waals surface area contributed by atoms with E-state index < -0.39 is 24.5 Å². The first-order valence-electron chi connectivity index (χ1n) is 5.79. The second-order valence-electron chi connectivity index (χ2n) is 4.12. The molecule has 8 heteroatoms. The minimum Gasteiger partial charge on any atom is -0.468 e. The zero-order valence-corrected chi connectivity index (χ0v) is 12.4. The van der Waals surface area contributed by atoms with Gasteiger partial charge in [0.1, 0.15) is 12.2 Å². The van der Waals surface area contributed by atoms with E-state index in [1.165, 1.54) is 19.3 Å². The van der Waals surface area contributed by atoms with Gasteiger partial charge in [0.2, 0.25) is 0 Å². The Morgan fingerprint density at radius 2 is 2.10 bits per heavy atom. The lowest BCUT2D eigenvalue weighted by molar-refractivity contribution is -0.143. The van der Waals surface area contributed by atoms with Crippen LogP contribution in [0.5, 0.6) is 0 Å². The number of ether oxygens (including phenoxy) is 1. The fourth-order valence-electron chi connectivity index (χ4n) is 1.68. The van der Waals surface area contributed by atoms with E-state index in [1.54, 1.807) is 12.1 Å². The van der Waals surface area contributed by atoms with Crippen molar-refractivity contribution in [1.29, 1.82) is 0 Å². The highest BCUT2D eigenvalue weighted by Gasteiger charge is 2.35. The molecule has 0 unspecified atom stereocenters. The number of esters is 1. The number of rotatable bonds is 3. The van der Waals surface area contributed by atoms with E-state index >= 15 is 0 Å². The molecule has 0 atom stereocenters. The summed E-state index contributed by atoms with van der Waals surface area (Å²) in [7, 11) is 1.17. The van der Waals surface area contributed by atoms with Crippen LogP contribution < -0.4 is 5.32 Å². The molecule has 0 aliphatic carbocycles. The Kier molecular flexibility index (Phi) is 4.50. The number of amides is 3. The van der Waals surface area contributed by atoms with Crippen LogP contribution in [0.2, 0.25) is 10.0 Å². The summed E-state index contributed by atoms with van der Waals surface area (Å²) in [5.74, 6) is -1.32. The van der Waals surface area contributed by atoms with Gasteiger partial charge in [-0.15, -0.1) is 0 Å². The van der Waals surface area contributed by atoms with Crippen LogP contribution in [-0.2, 0) is 14.3 Å². The molecule has 1 aliphatic heterocycles. The minimum atomic E-state index is -0.693. The second-order valence-corrected chi connectivity index (χ2v) is 4.97. The van der Waals surface area contributed by atoms with E-state index in [1.807, 2.05) is 0 Å². The molecule has 110 valence electrons. The maximum atomic E-state index is 12.0. The van der Waals surface area contributed by atoms with Crippen molar-refractivity contribution in [2.24, 2.45) is 0 Å². The van der Waals surface area contributed by atoms with Crippen molar-refractivity contribution in [3.63, 3.8) is 0 Å². The number of urea groups is 1. The third-order valence-corrected chi connectivity index (χ3v) is 3.30. The normalized spacial score (nSPS) is 16.3. The molecule has 0 saturated carbocycles. The maximum absolute atomic E-state index is 12.0. The highest BCUT2D eigenvalue weighted by Crippen LogP contribution is 2.24. The number of nitrogens with zero attached hydrogens (tertiary/aromatic N) is 1. The first-order chi connectivity index (χ1) is 9.92. The SMILES string of the molecule is COC(=O)CN1C(=O)N/C(=C/c2ccc(Cl)cc2Cl)C1=O. The van der Waals surface area contributed by atoms with Crippen molar-refractivity contribution in [2.75, 3.05) is 13.7 Å². The molecule has 1 heterocycles. The molecule has 0 aromatic heterocycles. The Bertz CT molecular complexity index is 658. The van der Waals surface area contributed by atoms with Crippen LogP contribution in [0.25, 0.3) is 6.08 Å². The Morgan fingerprint density at radius 3 is 2.71 bits per heavy atom.